The summed E-state index contributed by atoms with van der Waals surface area (Å²) in [5.41, 5.74) is 0.886. The van der Waals surface area contributed by atoms with E-state index in [1.807, 2.05) is 37.2 Å². The maximum Gasteiger partial charge on any atom is 0.183 e. The zero-order valence-electron chi connectivity index (χ0n) is 17.7. The van der Waals surface area contributed by atoms with Gasteiger partial charge in [0.15, 0.2) is 19.7 Å². The summed E-state index contributed by atoms with van der Waals surface area (Å²) in [4.78, 5) is 2.04. The van der Waals surface area contributed by atoms with Crippen LogP contribution < -0.4 is 10.1 Å². The molecule has 0 aliphatic carbocycles. The Kier molecular flexibility index (Phi) is 7.32. The summed E-state index contributed by atoms with van der Waals surface area (Å²) in [6, 6.07) is 12.6. The number of methoxy groups -OCH3 is 1. The van der Waals surface area contributed by atoms with Crippen molar-refractivity contribution < 1.29 is 21.6 Å². The Labute approximate surface area is 189 Å². The van der Waals surface area contributed by atoms with Crippen molar-refractivity contribution in [3.8, 4) is 5.75 Å². The molecule has 1 N–H and O–H groups in total. The third-order valence-electron chi connectivity index (χ3n) is 5.55. The van der Waals surface area contributed by atoms with E-state index in [-0.39, 0.29) is 16.7 Å². The predicted molar refractivity (Wildman–Crippen MR) is 122 cm³/mol. The highest BCUT2D eigenvalue weighted by atomic mass is 35.5. The molecular formula is C21H27ClN2O5S2. The summed E-state index contributed by atoms with van der Waals surface area (Å²) >= 11 is 6.35. The molecule has 1 aliphatic heterocycles. The molecule has 170 valence electrons. The molecule has 1 heterocycles. The molecular weight excluding hydrogens is 460 g/mol. The van der Waals surface area contributed by atoms with Gasteiger partial charge in [-0.05, 0) is 50.0 Å². The van der Waals surface area contributed by atoms with E-state index in [0.29, 0.717) is 17.3 Å². The SMILES string of the molecule is COc1ccc(S(=O)(=O)[C@H]2CS(=O)(=O)C[C@@H]2NCC(c2ccccc2Cl)N(C)C)cc1. The van der Waals surface area contributed by atoms with Crippen LogP contribution >= 0.6 is 11.6 Å². The van der Waals surface area contributed by atoms with Gasteiger partial charge < -0.3 is 15.0 Å². The summed E-state index contributed by atoms with van der Waals surface area (Å²) in [6.45, 7) is 0.353. The van der Waals surface area contributed by atoms with Crippen LogP contribution in [0.4, 0.5) is 0 Å². The molecule has 1 aliphatic rings. The van der Waals surface area contributed by atoms with E-state index in [4.69, 9.17) is 16.3 Å². The van der Waals surface area contributed by atoms with Crippen molar-refractivity contribution in [2.24, 2.45) is 0 Å². The fourth-order valence-corrected chi connectivity index (χ4v) is 8.81. The molecule has 1 saturated heterocycles. The topological polar surface area (TPSA) is 92.8 Å². The number of nitrogens with zero attached hydrogens (tertiary/aromatic N) is 1. The molecule has 0 spiro atoms. The summed E-state index contributed by atoms with van der Waals surface area (Å²) in [5.74, 6) is -0.103. The van der Waals surface area contributed by atoms with Gasteiger partial charge in [-0.1, -0.05) is 29.8 Å². The van der Waals surface area contributed by atoms with Gasteiger partial charge in [0, 0.05) is 23.7 Å². The molecule has 1 unspecified atom stereocenters. The normalized spacial score (nSPS) is 21.8. The average molecular weight is 487 g/mol. The van der Waals surface area contributed by atoms with Crippen molar-refractivity contribution in [3.05, 3.63) is 59.1 Å². The van der Waals surface area contributed by atoms with Gasteiger partial charge in [-0.2, -0.15) is 0 Å². The Morgan fingerprint density at radius 3 is 2.35 bits per heavy atom. The second-order valence-electron chi connectivity index (χ2n) is 7.85. The second kappa shape index (κ2) is 9.46. The van der Waals surface area contributed by atoms with E-state index in [1.54, 1.807) is 18.2 Å². The van der Waals surface area contributed by atoms with Crippen LogP contribution in [0, 0.1) is 0 Å². The van der Waals surface area contributed by atoms with E-state index < -0.39 is 36.7 Å². The number of sulfone groups is 2. The van der Waals surface area contributed by atoms with Gasteiger partial charge in [0.1, 0.15) is 5.75 Å². The van der Waals surface area contributed by atoms with Gasteiger partial charge in [-0.15, -0.1) is 0 Å². The Morgan fingerprint density at radius 1 is 1.13 bits per heavy atom. The summed E-state index contributed by atoms with van der Waals surface area (Å²) < 4.78 is 56.4. The second-order valence-corrected chi connectivity index (χ2v) is 12.6. The van der Waals surface area contributed by atoms with Crippen molar-refractivity contribution in [1.82, 2.24) is 10.2 Å². The van der Waals surface area contributed by atoms with Gasteiger partial charge in [-0.3, -0.25) is 0 Å². The Hall–Kier alpha value is -1.65. The molecule has 0 amide bonds. The number of hydrogen-bond donors (Lipinski definition) is 1. The highest BCUT2D eigenvalue weighted by Crippen LogP contribution is 2.29. The molecule has 0 bridgehead atoms. The van der Waals surface area contributed by atoms with E-state index in [1.165, 1.54) is 19.2 Å². The minimum Gasteiger partial charge on any atom is -0.497 e. The van der Waals surface area contributed by atoms with E-state index in [2.05, 4.69) is 5.32 Å². The fraction of sp³-hybridized carbons (Fsp3) is 0.429. The first kappa shape index (κ1) is 24.0. The van der Waals surface area contributed by atoms with Crippen molar-refractivity contribution in [2.45, 2.75) is 22.2 Å². The van der Waals surface area contributed by atoms with Crippen molar-refractivity contribution in [3.63, 3.8) is 0 Å². The van der Waals surface area contributed by atoms with Crippen molar-refractivity contribution in [1.29, 1.82) is 0 Å². The number of hydrogen-bond acceptors (Lipinski definition) is 7. The molecule has 2 aromatic rings. The smallest absolute Gasteiger partial charge is 0.183 e. The number of benzene rings is 2. The lowest BCUT2D eigenvalue weighted by Gasteiger charge is -2.28. The summed E-state index contributed by atoms with van der Waals surface area (Å²) in [7, 11) is -2.07. The number of likely N-dealkylation sites (N-methyl/N-ethyl adjacent to an activating group) is 1. The zero-order chi connectivity index (χ0) is 22.8. The van der Waals surface area contributed by atoms with Crippen LogP contribution in [-0.4, -0.2) is 72.3 Å². The molecule has 7 nitrogen and oxygen atoms in total. The molecule has 3 rings (SSSR count). The Morgan fingerprint density at radius 2 is 1.77 bits per heavy atom. The van der Waals surface area contributed by atoms with Crippen LogP contribution in [0.2, 0.25) is 5.02 Å². The highest BCUT2D eigenvalue weighted by molar-refractivity contribution is 7.96. The Balaban J connectivity index is 1.85. The molecule has 0 aromatic heterocycles. The number of halogens is 1. The minimum absolute atomic E-state index is 0.0810. The number of ether oxygens (including phenoxy) is 1. The maximum atomic E-state index is 13.3. The predicted octanol–water partition coefficient (Wildman–Crippen LogP) is 2.18. The van der Waals surface area contributed by atoms with Crippen LogP contribution in [0.1, 0.15) is 11.6 Å². The molecule has 0 saturated carbocycles. The summed E-state index contributed by atoms with van der Waals surface area (Å²) in [6.07, 6.45) is 0. The molecule has 31 heavy (non-hydrogen) atoms. The lowest BCUT2D eigenvalue weighted by molar-refractivity contribution is 0.282. The van der Waals surface area contributed by atoms with Gasteiger partial charge in [0.2, 0.25) is 0 Å². The van der Waals surface area contributed by atoms with E-state index >= 15 is 0 Å². The van der Waals surface area contributed by atoms with Gasteiger partial charge >= 0.3 is 0 Å². The Bertz CT molecular complexity index is 1120. The van der Waals surface area contributed by atoms with Crippen LogP contribution in [0.15, 0.2) is 53.4 Å². The third kappa shape index (κ3) is 5.40. The van der Waals surface area contributed by atoms with Crippen LogP contribution in [0.3, 0.4) is 0 Å². The minimum atomic E-state index is -3.86. The zero-order valence-corrected chi connectivity index (χ0v) is 20.0. The number of rotatable bonds is 8. The third-order valence-corrected chi connectivity index (χ3v) is 10.1. The van der Waals surface area contributed by atoms with Gasteiger partial charge in [-0.25, -0.2) is 16.8 Å². The van der Waals surface area contributed by atoms with Crippen LogP contribution in [0.5, 0.6) is 5.75 Å². The van der Waals surface area contributed by atoms with Gasteiger partial charge in [0.25, 0.3) is 0 Å². The molecule has 3 atom stereocenters. The average Bonchev–Trinajstić information content (AvgIpc) is 3.04. The van der Waals surface area contributed by atoms with Crippen LogP contribution in [-0.2, 0) is 19.7 Å². The fourth-order valence-electron chi connectivity index (χ4n) is 3.83. The maximum absolute atomic E-state index is 13.3. The lowest BCUT2D eigenvalue weighted by Crippen LogP contribution is -2.46. The first-order valence-electron chi connectivity index (χ1n) is 9.78. The first-order chi connectivity index (χ1) is 14.5. The van der Waals surface area contributed by atoms with Crippen LogP contribution in [0.25, 0.3) is 0 Å². The van der Waals surface area contributed by atoms with Crippen molar-refractivity contribution >= 4 is 31.3 Å². The monoisotopic (exact) mass is 486 g/mol. The van der Waals surface area contributed by atoms with Gasteiger partial charge in [0.05, 0.1) is 28.8 Å². The molecule has 10 heteroatoms. The quantitative estimate of drug-likeness (QED) is 0.611. The molecule has 0 radical (unpaired) electrons. The van der Waals surface area contributed by atoms with Crippen molar-refractivity contribution in [2.75, 3.05) is 39.3 Å². The highest BCUT2D eigenvalue weighted by Gasteiger charge is 2.45. The summed E-state index contributed by atoms with van der Waals surface area (Å²) in [5, 5.41) is 2.74. The molecule has 1 fully saturated rings. The largest absolute Gasteiger partial charge is 0.497 e. The van der Waals surface area contributed by atoms with E-state index in [0.717, 1.165) is 5.56 Å². The van der Waals surface area contributed by atoms with E-state index in [9.17, 15) is 16.8 Å². The lowest BCUT2D eigenvalue weighted by atomic mass is 10.1. The first-order valence-corrected chi connectivity index (χ1v) is 13.5. The molecule has 2 aromatic carbocycles. The standard InChI is InChI=1S/C21H27ClN2O5S2/c1-24(2)20(17-6-4-5-7-18(17)22)12-23-19-13-30(25,26)14-21(19)31(27,28)16-10-8-15(29-3)9-11-16/h4-11,19-21,23H,12-14H2,1-3H3/t19-,20?,21-/m0/s1. The number of nitrogens with one attached hydrogen (secondary N) is 1.